The van der Waals surface area contributed by atoms with Crippen molar-refractivity contribution < 1.29 is 14.3 Å². The molecule has 0 bridgehead atoms. The van der Waals surface area contributed by atoms with E-state index < -0.39 is 0 Å². The van der Waals surface area contributed by atoms with Crippen LogP contribution in [0, 0.1) is 6.92 Å². The number of aryl methyl sites for hydroxylation is 2. The summed E-state index contributed by atoms with van der Waals surface area (Å²) in [4.78, 5) is 17.9. The van der Waals surface area contributed by atoms with Crippen LogP contribution in [0.15, 0.2) is 24.3 Å². The molecule has 2 aromatic heterocycles. The summed E-state index contributed by atoms with van der Waals surface area (Å²) in [6.45, 7) is 7.52. The topological polar surface area (TPSA) is 78.3 Å². The number of benzene rings is 1. The van der Waals surface area contributed by atoms with Crippen LogP contribution in [-0.4, -0.2) is 40.4 Å². The van der Waals surface area contributed by atoms with Crippen LogP contribution in [0.5, 0.6) is 11.5 Å². The number of ether oxygens (including phenoxy) is 2. The number of amides is 1. The average Bonchev–Trinajstić information content (AvgIpc) is 3.56. The summed E-state index contributed by atoms with van der Waals surface area (Å²) in [5.41, 5.74) is 4.35. The lowest BCUT2D eigenvalue weighted by atomic mass is 10.1. The smallest absolute Gasteiger partial charge is 0.252 e. The van der Waals surface area contributed by atoms with Crippen molar-refractivity contribution in [2.75, 3.05) is 19.8 Å². The Morgan fingerprint density at radius 2 is 1.90 bits per heavy atom. The van der Waals surface area contributed by atoms with Gasteiger partial charge in [0.15, 0.2) is 17.1 Å². The maximum atomic E-state index is 13.1. The molecule has 1 aromatic carbocycles. The second kappa shape index (κ2) is 8.96. The first kappa shape index (κ1) is 21.2. The van der Waals surface area contributed by atoms with E-state index in [0.717, 1.165) is 52.3 Å². The zero-order valence-corrected chi connectivity index (χ0v) is 18.7. The van der Waals surface area contributed by atoms with Gasteiger partial charge in [-0.2, -0.15) is 5.10 Å². The van der Waals surface area contributed by atoms with Crippen LogP contribution in [0.4, 0.5) is 0 Å². The molecule has 0 spiro atoms. The molecule has 3 aromatic rings. The highest BCUT2D eigenvalue weighted by molar-refractivity contribution is 6.06. The number of hydrogen-bond donors (Lipinski definition) is 1. The van der Waals surface area contributed by atoms with Crippen molar-refractivity contribution >= 4 is 16.9 Å². The van der Waals surface area contributed by atoms with Gasteiger partial charge in [0, 0.05) is 25.2 Å². The van der Waals surface area contributed by atoms with E-state index in [0.29, 0.717) is 37.7 Å². The molecular weight excluding hydrogens is 392 g/mol. The number of pyridine rings is 1. The van der Waals surface area contributed by atoms with Crippen LogP contribution in [0.2, 0.25) is 0 Å². The number of carbonyl (C=O) groups excluding carboxylic acids is 1. The molecule has 1 fully saturated rings. The monoisotopic (exact) mass is 422 g/mol. The summed E-state index contributed by atoms with van der Waals surface area (Å²) in [5.74, 6) is 1.87. The third-order valence-corrected chi connectivity index (χ3v) is 5.54. The summed E-state index contributed by atoms with van der Waals surface area (Å²) < 4.78 is 13.1. The molecule has 7 nitrogen and oxygen atoms in total. The van der Waals surface area contributed by atoms with Crippen LogP contribution in [0.3, 0.4) is 0 Å². The van der Waals surface area contributed by atoms with Crippen molar-refractivity contribution in [1.29, 1.82) is 0 Å². The lowest BCUT2D eigenvalue weighted by Gasteiger charge is -2.13. The highest BCUT2D eigenvalue weighted by Crippen LogP contribution is 2.40. The van der Waals surface area contributed by atoms with Gasteiger partial charge in [-0.3, -0.25) is 9.48 Å². The number of rotatable bonds is 9. The molecule has 0 atom stereocenters. The summed E-state index contributed by atoms with van der Waals surface area (Å²) in [6, 6.07) is 7.88. The van der Waals surface area contributed by atoms with Crippen LogP contribution in [-0.2, 0) is 13.5 Å². The predicted molar refractivity (Wildman–Crippen MR) is 120 cm³/mol. The highest BCUT2D eigenvalue weighted by atomic mass is 16.5. The van der Waals surface area contributed by atoms with Crippen molar-refractivity contribution in [3.05, 3.63) is 46.8 Å². The lowest BCUT2D eigenvalue weighted by molar-refractivity contribution is 0.0955. The molecule has 7 heteroatoms. The zero-order chi connectivity index (χ0) is 22.0. The van der Waals surface area contributed by atoms with Crippen LogP contribution >= 0.6 is 0 Å². The first-order chi connectivity index (χ1) is 15.0. The summed E-state index contributed by atoms with van der Waals surface area (Å²) >= 11 is 0. The van der Waals surface area contributed by atoms with Gasteiger partial charge in [-0.25, -0.2) is 4.98 Å². The number of aromatic nitrogens is 3. The molecule has 1 aliphatic carbocycles. The van der Waals surface area contributed by atoms with Crippen molar-refractivity contribution in [1.82, 2.24) is 20.1 Å². The predicted octanol–water partition coefficient (Wildman–Crippen LogP) is 3.92. The summed E-state index contributed by atoms with van der Waals surface area (Å²) in [6.07, 6.45) is 2.97. The molecule has 2 heterocycles. The average molecular weight is 423 g/mol. The molecule has 4 rings (SSSR count). The summed E-state index contributed by atoms with van der Waals surface area (Å²) in [5, 5.41) is 8.40. The van der Waals surface area contributed by atoms with Gasteiger partial charge in [0.25, 0.3) is 5.91 Å². The maximum absolute atomic E-state index is 13.1. The number of carbonyl (C=O) groups is 1. The second-order valence-corrected chi connectivity index (χ2v) is 7.93. The van der Waals surface area contributed by atoms with Gasteiger partial charge in [0.1, 0.15) is 0 Å². The standard InChI is InChI=1S/C24H30N4O3/c1-5-30-20-10-7-16(13-21(20)31-6-2)11-12-25-24(29)18-14-19(17-8-9-17)26-23-22(18)15(3)27-28(23)4/h7,10,13-14,17H,5-6,8-9,11-12H2,1-4H3,(H,25,29). The fourth-order valence-electron chi connectivity index (χ4n) is 3.90. The lowest BCUT2D eigenvalue weighted by Crippen LogP contribution is -2.26. The molecule has 164 valence electrons. The van der Waals surface area contributed by atoms with Gasteiger partial charge < -0.3 is 14.8 Å². The molecule has 1 saturated carbocycles. The Kier molecular flexibility index (Phi) is 6.11. The van der Waals surface area contributed by atoms with Gasteiger partial charge in [-0.1, -0.05) is 6.07 Å². The Hall–Kier alpha value is -3.09. The molecular formula is C24H30N4O3. The number of nitrogens with one attached hydrogen (secondary N) is 1. The molecule has 1 aliphatic rings. The van der Waals surface area contributed by atoms with Crippen molar-refractivity contribution in [2.45, 2.75) is 46.0 Å². The molecule has 0 unspecified atom stereocenters. The third-order valence-electron chi connectivity index (χ3n) is 5.54. The summed E-state index contributed by atoms with van der Waals surface area (Å²) in [7, 11) is 1.88. The van der Waals surface area contributed by atoms with Gasteiger partial charge in [0.2, 0.25) is 0 Å². The zero-order valence-electron chi connectivity index (χ0n) is 18.7. The number of nitrogens with zero attached hydrogens (tertiary/aromatic N) is 3. The van der Waals surface area contributed by atoms with E-state index in [9.17, 15) is 4.79 Å². The van der Waals surface area contributed by atoms with E-state index in [4.69, 9.17) is 14.5 Å². The Balaban J connectivity index is 1.49. The molecule has 0 saturated heterocycles. The minimum atomic E-state index is -0.0821. The van der Waals surface area contributed by atoms with E-state index in [2.05, 4.69) is 10.4 Å². The molecule has 0 radical (unpaired) electrons. The first-order valence-electron chi connectivity index (χ1n) is 11.0. The van der Waals surface area contributed by atoms with Crippen LogP contribution in [0.1, 0.15) is 59.9 Å². The minimum absolute atomic E-state index is 0.0821. The molecule has 1 amide bonds. The Morgan fingerprint density at radius 1 is 1.16 bits per heavy atom. The van der Waals surface area contributed by atoms with Gasteiger partial charge in [0.05, 0.1) is 29.9 Å². The largest absolute Gasteiger partial charge is 0.490 e. The van der Waals surface area contributed by atoms with Crippen molar-refractivity contribution in [3.63, 3.8) is 0 Å². The Morgan fingerprint density at radius 3 is 2.61 bits per heavy atom. The van der Waals surface area contributed by atoms with Crippen molar-refractivity contribution in [3.8, 4) is 11.5 Å². The van der Waals surface area contributed by atoms with Gasteiger partial charge >= 0.3 is 0 Å². The first-order valence-corrected chi connectivity index (χ1v) is 11.0. The van der Waals surface area contributed by atoms with E-state index in [1.54, 1.807) is 4.68 Å². The molecule has 0 aliphatic heterocycles. The number of fused-ring (bicyclic) bond motifs is 1. The maximum Gasteiger partial charge on any atom is 0.252 e. The number of hydrogen-bond acceptors (Lipinski definition) is 5. The van der Waals surface area contributed by atoms with Crippen LogP contribution in [0.25, 0.3) is 11.0 Å². The molecule has 31 heavy (non-hydrogen) atoms. The van der Waals surface area contributed by atoms with Gasteiger partial charge in [-0.15, -0.1) is 0 Å². The van der Waals surface area contributed by atoms with E-state index in [-0.39, 0.29) is 5.91 Å². The van der Waals surface area contributed by atoms with Crippen LogP contribution < -0.4 is 14.8 Å². The Bertz CT molecular complexity index is 1100. The third kappa shape index (κ3) is 4.50. The van der Waals surface area contributed by atoms with E-state index >= 15 is 0 Å². The highest BCUT2D eigenvalue weighted by Gasteiger charge is 2.28. The van der Waals surface area contributed by atoms with E-state index in [1.165, 1.54) is 0 Å². The normalized spacial score (nSPS) is 13.4. The minimum Gasteiger partial charge on any atom is -0.490 e. The van der Waals surface area contributed by atoms with Gasteiger partial charge in [-0.05, 0) is 63.8 Å². The SMILES string of the molecule is CCOc1ccc(CCNC(=O)c2cc(C3CC3)nc3c2c(C)nn3C)cc1OCC. The molecule has 1 N–H and O–H groups in total. The van der Waals surface area contributed by atoms with Crippen molar-refractivity contribution in [2.24, 2.45) is 7.05 Å². The fraction of sp³-hybridized carbons (Fsp3) is 0.458. The Labute approximate surface area is 182 Å². The van der Waals surface area contributed by atoms with E-state index in [1.807, 2.05) is 52.1 Å². The second-order valence-electron chi connectivity index (χ2n) is 7.93. The fourth-order valence-corrected chi connectivity index (χ4v) is 3.90. The quantitative estimate of drug-likeness (QED) is 0.565.